The zero-order valence-electron chi connectivity index (χ0n) is 10.8. The largest absolute Gasteiger partial charge is 0.268 e. The minimum absolute atomic E-state index is 0.263. The molecule has 0 atom stereocenters. The zero-order chi connectivity index (χ0) is 12.9. The lowest BCUT2D eigenvalue weighted by atomic mass is 10.1. The van der Waals surface area contributed by atoms with Crippen molar-refractivity contribution in [3.63, 3.8) is 0 Å². The predicted molar refractivity (Wildman–Crippen MR) is 69.2 cm³/mol. The standard InChI is InChI=1S/C14H19NO2/c1-11-5-7-12(8-6-11)9-10-13(16)15-17-14(2,3)4/h5-10H,1-4H3,(H,15,16)/b10-9+. The molecule has 0 fully saturated rings. The highest BCUT2D eigenvalue weighted by Crippen LogP contribution is 2.05. The van der Waals surface area contributed by atoms with Crippen LogP contribution in [0.5, 0.6) is 0 Å². The number of carbonyl (C=O) groups is 1. The molecule has 1 aromatic rings. The van der Waals surface area contributed by atoms with E-state index in [9.17, 15) is 4.79 Å². The predicted octanol–water partition coefficient (Wildman–Crippen LogP) is 2.85. The third-order valence-electron chi connectivity index (χ3n) is 1.96. The summed E-state index contributed by atoms with van der Waals surface area (Å²) < 4.78 is 0. The lowest BCUT2D eigenvalue weighted by molar-refractivity contribution is -0.140. The van der Waals surface area contributed by atoms with Gasteiger partial charge < -0.3 is 0 Å². The molecular weight excluding hydrogens is 214 g/mol. The Bertz CT molecular complexity index is 399. The fraction of sp³-hybridized carbons (Fsp3) is 0.357. The van der Waals surface area contributed by atoms with Crippen molar-refractivity contribution in [1.82, 2.24) is 5.48 Å². The molecule has 1 aromatic carbocycles. The molecule has 92 valence electrons. The van der Waals surface area contributed by atoms with Crippen molar-refractivity contribution >= 4 is 12.0 Å². The van der Waals surface area contributed by atoms with Gasteiger partial charge in [0.25, 0.3) is 5.91 Å². The van der Waals surface area contributed by atoms with Gasteiger partial charge in [-0.2, -0.15) is 0 Å². The number of hydroxylamine groups is 1. The van der Waals surface area contributed by atoms with Gasteiger partial charge in [-0.1, -0.05) is 29.8 Å². The van der Waals surface area contributed by atoms with E-state index in [2.05, 4.69) is 5.48 Å². The summed E-state index contributed by atoms with van der Waals surface area (Å²) in [6.45, 7) is 7.64. The quantitative estimate of drug-likeness (QED) is 0.644. The summed E-state index contributed by atoms with van der Waals surface area (Å²) >= 11 is 0. The van der Waals surface area contributed by atoms with Crippen molar-refractivity contribution in [2.45, 2.75) is 33.3 Å². The number of nitrogens with one attached hydrogen (secondary N) is 1. The Kier molecular flexibility index (Phi) is 4.46. The van der Waals surface area contributed by atoms with Gasteiger partial charge in [0, 0.05) is 6.08 Å². The van der Waals surface area contributed by atoms with Crippen LogP contribution in [0.25, 0.3) is 6.08 Å². The molecule has 0 spiro atoms. The number of hydrogen-bond acceptors (Lipinski definition) is 2. The second-order valence-electron chi connectivity index (χ2n) is 4.92. The van der Waals surface area contributed by atoms with Gasteiger partial charge in [0.05, 0.1) is 5.60 Å². The molecule has 1 amide bonds. The number of carbonyl (C=O) groups excluding carboxylic acids is 1. The number of hydrogen-bond donors (Lipinski definition) is 1. The first-order chi connectivity index (χ1) is 7.87. The van der Waals surface area contributed by atoms with Crippen LogP contribution in [0, 0.1) is 6.92 Å². The number of aryl methyl sites for hydroxylation is 1. The van der Waals surface area contributed by atoms with Crippen LogP contribution in [-0.4, -0.2) is 11.5 Å². The monoisotopic (exact) mass is 233 g/mol. The summed E-state index contributed by atoms with van der Waals surface area (Å²) in [7, 11) is 0. The topological polar surface area (TPSA) is 38.3 Å². The van der Waals surface area contributed by atoms with Crippen LogP contribution in [0.15, 0.2) is 30.3 Å². The first-order valence-corrected chi connectivity index (χ1v) is 5.59. The molecule has 0 aromatic heterocycles. The molecule has 3 heteroatoms. The Hall–Kier alpha value is -1.61. The molecule has 0 saturated carbocycles. The molecule has 3 nitrogen and oxygen atoms in total. The Morgan fingerprint density at radius 1 is 1.24 bits per heavy atom. The number of rotatable bonds is 3. The highest BCUT2D eigenvalue weighted by atomic mass is 16.7. The van der Waals surface area contributed by atoms with Crippen LogP contribution in [0.1, 0.15) is 31.9 Å². The van der Waals surface area contributed by atoms with Crippen LogP contribution in [-0.2, 0) is 9.63 Å². The van der Waals surface area contributed by atoms with Crippen molar-refractivity contribution in [1.29, 1.82) is 0 Å². The van der Waals surface area contributed by atoms with Crippen molar-refractivity contribution < 1.29 is 9.63 Å². The summed E-state index contributed by atoms with van der Waals surface area (Å²) in [6, 6.07) is 7.93. The molecule has 0 unspecified atom stereocenters. The highest BCUT2D eigenvalue weighted by Gasteiger charge is 2.11. The Balaban J connectivity index is 2.48. The van der Waals surface area contributed by atoms with E-state index in [-0.39, 0.29) is 11.5 Å². The molecular formula is C14H19NO2. The summed E-state index contributed by atoms with van der Waals surface area (Å²) in [5, 5.41) is 0. The molecule has 0 radical (unpaired) electrons. The summed E-state index contributed by atoms with van der Waals surface area (Å²) in [6.07, 6.45) is 3.21. The maximum Gasteiger partial charge on any atom is 0.267 e. The van der Waals surface area contributed by atoms with Crippen molar-refractivity contribution in [3.8, 4) is 0 Å². The van der Waals surface area contributed by atoms with E-state index < -0.39 is 0 Å². The maximum atomic E-state index is 11.4. The lowest BCUT2D eigenvalue weighted by Gasteiger charge is -2.17. The SMILES string of the molecule is Cc1ccc(/C=C/C(=O)NOC(C)(C)C)cc1. The fourth-order valence-corrected chi connectivity index (χ4v) is 1.09. The van der Waals surface area contributed by atoms with Crippen LogP contribution in [0.2, 0.25) is 0 Å². The van der Waals surface area contributed by atoms with Crippen LogP contribution < -0.4 is 5.48 Å². The van der Waals surface area contributed by atoms with Crippen LogP contribution in [0.4, 0.5) is 0 Å². The van der Waals surface area contributed by atoms with Gasteiger partial charge >= 0.3 is 0 Å². The van der Waals surface area contributed by atoms with E-state index in [1.54, 1.807) is 6.08 Å². The highest BCUT2D eigenvalue weighted by molar-refractivity contribution is 5.90. The van der Waals surface area contributed by atoms with Gasteiger partial charge in [0.15, 0.2) is 0 Å². The van der Waals surface area contributed by atoms with Crippen molar-refractivity contribution in [2.75, 3.05) is 0 Å². The van der Waals surface area contributed by atoms with E-state index >= 15 is 0 Å². The first-order valence-electron chi connectivity index (χ1n) is 5.59. The molecule has 17 heavy (non-hydrogen) atoms. The summed E-state index contributed by atoms with van der Waals surface area (Å²) in [5.74, 6) is -0.263. The smallest absolute Gasteiger partial charge is 0.267 e. The number of amides is 1. The average Bonchev–Trinajstić information content (AvgIpc) is 2.25. The molecule has 0 heterocycles. The zero-order valence-corrected chi connectivity index (χ0v) is 10.8. The molecule has 0 saturated heterocycles. The van der Waals surface area contributed by atoms with Gasteiger partial charge in [-0.15, -0.1) is 0 Å². The third-order valence-corrected chi connectivity index (χ3v) is 1.96. The van der Waals surface area contributed by atoms with E-state index in [1.165, 1.54) is 11.6 Å². The second-order valence-corrected chi connectivity index (χ2v) is 4.92. The number of benzene rings is 1. The molecule has 0 aliphatic heterocycles. The maximum absolute atomic E-state index is 11.4. The fourth-order valence-electron chi connectivity index (χ4n) is 1.09. The van der Waals surface area contributed by atoms with E-state index in [4.69, 9.17) is 4.84 Å². The Morgan fingerprint density at radius 2 is 1.82 bits per heavy atom. The minimum atomic E-state index is -0.382. The average molecular weight is 233 g/mol. The van der Waals surface area contributed by atoms with E-state index in [1.807, 2.05) is 52.0 Å². The van der Waals surface area contributed by atoms with Crippen molar-refractivity contribution in [2.24, 2.45) is 0 Å². The molecule has 0 aliphatic carbocycles. The third kappa shape index (κ3) is 5.88. The Morgan fingerprint density at radius 3 is 2.35 bits per heavy atom. The normalized spacial score (nSPS) is 11.8. The Labute approximate surface area is 102 Å². The first kappa shape index (κ1) is 13.5. The van der Waals surface area contributed by atoms with Gasteiger partial charge in [-0.05, 0) is 39.3 Å². The van der Waals surface area contributed by atoms with Gasteiger partial charge in [-0.3, -0.25) is 9.63 Å². The minimum Gasteiger partial charge on any atom is -0.268 e. The van der Waals surface area contributed by atoms with Crippen molar-refractivity contribution in [3.05, 3.63) is 41.5 Å². The van der Waals surface area contributed by atoms with Crippen LogP contribution >= 0.6 is 0 Å². The van der Waals surface area contributed by atoms with E-state index in [0.29, 0.717) is 0 Å². The summed E-state index contributed by atoms with van der Waals surface area (Å²) in [4.78, 5) is 16.6. The summed E-state index contributed by atoms with van der Waals surface area (Å²) in [5.41, 5.74) is 4.18. The lowest BCUT2D eigenvalue weighted by Crippen LogP contribution is -2.32. The van der Waals surface area contributed by atoms with Gasteiger partial charge in [-0.25, -0.2) is 5.48 Å². The molecule has 1 rings (SSSR count). The molecule has 0 aliphatic rings. The van der Waals surface area contributed by atoms with E-state index in [0.717, 1.165) is 5.56 Å². The second kappa shape index (κ2) is 5.64. The van der Waals surface area contributed by atoms with Gasteiger partial charge in [0.2, 0.25) is 0 Å². The van der Waals surface area contributed by atoms with Gasteiger partial charge in [0.1, 0.15) is 0 Å². The molecule has 0 bridgehead atoms. The van der Waals surface area contributed by atoms with Crippen LogP contribution in [0.3, 0.4) is 0 Å². The molecule has 1 N–H and O–H groups in total.